The van der Waals surface area contributed by atoms with Crippen LogP contribution < -0.4 is 10.2 Å². The van der Waals surface area contributed by atoms with Crippen molar-refractivity contribution in [1.82, 2.24) is 35.3 Å². The molecule has 4 heterocycles. The van der Waals surface area contributed by atoms with Crippen LogP contribution in [0.25, 0.3) is 11.4 Å². The van der Waals surface area contributed by atoms with E-state index in [-0.39, 0.29) is 18.6 Å². The first-order valence-corrected chi connectivity index (χ1v) is 9.45. The van der Waals surface area contributed by atoms with E-state index < -0.39 is 0 Å². The normalized spacial score (nSPS) is 16.4. The number of rotatable bonds is 5. The van der Waals surface area contributed by atoms with E-state index in [1.165, 1.54) is 4.90 Å². The molecule has 0 bridgehead atoms. The van der Waals surface area contributed by atoms with Gasteiger partial charge in [-0.15, -0.1) is 0 Å². The summed E-state index contributed by atoms with van der Waals surface area (Å²) in [5, 5.41) is 7.02. The number of amides is 2. The molecule has 1 unspecified atom stereocenters. The van der Waals surface area contributed by atoms with Crippen LogP contribution in [0.2, 0.25) is 0 Å². The second-order valence-electron chi connectivity index (χ2n) is 6.89. The third-order valence-electron chi connectivity index (χ3n) is 4.69. The van der Waals surface area contributed by atoms with Crippen LogP contribution in [-0.2, 0) is 6.54 Å². The lowest BCUT2D eigenvalue weighted by Gasteiger charge is -2.33. The van der Waals surface area contributed by atoms with Crippen LogP contribution in [0.15, 0.2) is 47.5 Å². The molecule has 0 spiro atoms. The predicted molar refractivity (Wildman–Crippen MR) is 105 cm³/mol. The number of nitrogens with one attached hydrogen (secondary N) is 1. The number of carbonyl (C=O) groups excluding carboxylic acids is 1. The lowest BCUT2D eigenvalue weighted by molar-refractivity contribution is 0.194. The van der Waals surface area contributed by atoms with Crippen molar-refractivity contribution >= 4 is 12.0 Å². The van der Waals surface area contributed by atoms with E-state index in [1.807, 2.05) is 6.07 Å². The molecule has 1 atom stereocenters. The maximum absolute atomic E-state index is 12.6. The molecule has 0 aromatic carbocycles. The first-order valence-electron chi connectivity index (χ1n) is 9.45. The fraction of sp³-hybridized carbons (Fsp3) is 0.368. The van der Waals surface area contributed by atoms with Gasteiger partial charge in [0, 0.05) is 56.5 Å². The number of hydrogen-bond acceptors (Lipinski definition) is 8. The zero-order chi connectivity index (χ0) is 20.1. The minimum absolute atomic E-state index is 0.0242. The van der Waals surface area contributed by atoms with Gasteiger partial charge in [-0.25, -0.2) is 14.8 Å². The fourth-order valence-corrected chi connectivity index (χ4v) is 3.22. The number of nitrogens with zero attached hydrogens (tertiary/aromatic N) is 7. The quantitative estimate of drug-likeness (QED) is 0.696. The molecule has 1 aliphatic heterocycles. The van der Waals surface area contributed by atoms with Crippen LogP contribution in [0, 0.1) is 0 Å². The maximum Gasteiger partial charge on any atom is 0.317 e. The third kappa shape index (κ3) is 4.65. The van der Waals surface area contributed by atoms with Gasteiger partial charge >= 0.3 is 6.03 Å². The number of carbonyl (C=O) groups is 1. The van der Waals surface area contributed by atoms with E-state index in [1.54, 1.807) is 44.0 Å². The molecule has 150 valence electrons. The van der Waals surface area contributed by atoms with Crippen molar-refractivity contribution in [3.63, 3.8) is 0 Å². The summed E-state index contributed by atoms with van der Waals surface area (Å²) in [6.07, 6.45) is 8.67. The van der Waals surface area contributed by atoms with Crippen molar-refractivity contribution < 1.29 is 9.32 Å². The molecule has 10 heteroatoms. The van der Waals surface area contributed by atoms with Crippen LogP contribution in [0.3, 0.4) is 0 Å². The van der Waals surface area contributed by atoms with E-state index in [0.29, 0.717) is 24.2 Å². The molecule has 3 aromatic rings. The predicted octanol–water partition coefficient (Wildman–Crippen LogP) is 1.73. The molecule has 0 saturated carbocycles. The molecule has 0 radical (unpaired) electrons. The van der Waals surface area contributed by atoms with Crippen molar-refractivity contribution in [3.05, 3.63) is 48.9 Å². The van der Waals surface area contributed by atoms with E-state index in [2.05, 4.69) is 35.3 Å². The Morgan fingerprint density at radius 2 is 2.17 bits per heavy atom. The molecule has 3 aromatic heterocycles. The Labute approximate surface area is 168 Å². The molecular formula is C19H22N8O2. The smallest absolute Gasteiger partial charge is 0.317 e. The molecule has 1 saturated heterocycles. The summed E-state index contributed by atoms with van der Waals surface area (Å²) < 4.78 is 5.27. The Hall–Kier alpha value is -3.56. The van der Waals surface area contributed by atoms with Crippen molar-refractivity contribution in [3.8, 4) is 11.4 Å². The van der Waals surface area contributed by atoms with E-state index in [4.69, 9.17) is 4.52 Å². The number of aromatic nitrogens is 5. The highest BCUT2D eigenvalue weighted by Crippen LogP contribution is 2.16. The molecule has 1 N–H and O–H groups in total. The van der Waals surface area contributed by atoms with Crippen molar-refractivity contribution in [1.29, 1.82) is 0 Å². The average Bonchev–Trinajstić information content (AvgIpc) is 3.23. The highest BCUT2D eigenvalue weighted by atomic mass is 16.5. The van der Waals surface area contributed by atoms with Gasteiger partial charge in [-0.05, 0) is 31.0 Å². The van der Waals surface area contributed by atoms with Crippen molar-refractivity contribution in [2.24, 2.45) is 0 Å². The third-order valence-corrected chi connectivity index (χ3v) is 4.69. The summed E-state index contributed by atoms with van der Waals surface area (Å²) in [5.41, 5.74) is 0.764. The Balaban J connectivity index is 1.32. The van der Waals surface area contributed by atoms with Crippen LogP contribution in [0.5, 0.6) is 0 Å². The highest BCUT2D eigenvalue weighted by molar-refractivity contribution is 5.74. The van der Waals surface area contributed by atoms with Crippen LogP contribution in [0.4, 0.5) is 10.7 Å². The fourth-order valence-electron chi connectivity index (χ4n) is 3.22. The molecule has 1 fully saturated rings. The summed E-state index contributed by atoms with van der Waals surface area (Å²) in [5.74, 6) is 1.51. The van der Waals surface area contributed by atoms with E-state index in [9.17, 15) is 4.79 Å². The summed E-state index contributed by atoms with van der Waals surface area (Å²) >= 11 is 0. The van der Waals surface area contributed by atoms with E-state index in [0.717, 1.165) is 24.9 Å². The minimum atomic E-state index is -0.188. The molecule has 1 aliphatic rings. The highest BCUT2D eigenvalue weighted by Gasteiger charge is 2.24. The van der Waals surface area contributed by atoms with Gasteiger partial charge < -0.3 is 19.6 Å². The lowest BCUT2D eigenvalue weighted by atomic mass is 10.1. The summed E-state index contributed by atoms with van der Waals surface area (Å²) in [6, 6.07) is 5.28. The number of anilines is 1. The Morgan fingerprint density at radius 1 is 1.31 bits per heavy atom. The molecular weight excluding hydrogens is 372 g/mol. The zero-order valence-corrected chi connectivity index (χ0v) is 16.1. The van der Waals surface area contributed by atoms with Crippen molar-refractivity contribution in [2.45, 2.75) is 25.4 Å². The largest absolute Gasteiger partial charge is 0.339 e. The second kappa shape index (κ2) is 8.63. The Kier molecular flexibility index (Phi) is 5.59. The average molecular weight is 394 g/mol. The maximum atomic E-state index is 12.6. The number of hydrogen-bond donors (Lipinski definition) is 1. The van der Waals surface area contributed by atoms with Crippen LogP contribution in [0.1, 0.15) is 18.7 Å². The standard InChI is InChI=1S/C19H22N8O2/c1-26(13-16-24-17(25-29-16)14-5-2-7-20-11-14)19(28)23-15-6-3-10-27(12-15)18-21-8-4-9-22-18/h2,4-5,7-9,11,15H,3,6,10,12-13H2,1H3,(H,23,28). The van der Waals surface area contributed by atoms with Gasteiger partial charge in [-0.2, -0.15) is 4.98 Å². The second-order valence-corrected chi connectivity index (χ2v) is 6.89. The van der Waals surface area contributed by atoms with E-state index >= 15 is 0 Å². The zero-order valence-electron chi connectivity index (χ0n) is 16.1. The van der Waals surface area contributed by atoms with Crippen molar-refractivity contribution in [2.75, 3.05) is 25.0 Å². The molecule has 2 amide bonds. The number of piperidine rings is 1. The molecule has 4 rings (SSSR count). The van der Waals surface area contributed by atoms with Crippen LogP contribution in [-0.4, -0.2) is 62.2 Å². The van der Waals surface area contributed by atoms with Gasteiger partial charge in [0.2, 0.25) is 17.7 Å². The van der Waals surface area contributed by atoms with Gasteiger partial charge in [0.05, 0.1) is 0 Å². The molecule has 0 aliphatic carbocycles. The van der Waals surface area contributed by atoms with Gasteiger partial charge in [-0.3, -0.25) is 4.98 Å². The Bertz CT molecular complexity index is 934. The SMILES string of the molecule is CN(Cc1nc(-c2cccnc2)no1)C(=O)NC1CCCN(c2ncccn2)C1. The summed E-state index contributed by atoms with van der Waals surface area (Å²) in [6.45, 7) is 1.78. The summed E-state index contributed by atoms with van der Waals surface area (Å²) in [7, 11) is 1.70. The molecule has 29 heavy (non-hydrogen) atoms. The lowest BCUT2D eigenvalue weighted by Crippen LogP contribution is -2.51. The van der Waals surface area contributed by atoms with Gasteiger partial charge in [0.15, 0.2) is 0 Å². The minimum Gasteiger partial charge on any atom is -0.339 e. The first-order chi connectivity index (χ1) is 14.2. The topological polar surface area (TPSA) is 113 Å². The van der Waals surface area contributed by atoms with Gasteiger partial charge in [0.1, 0.15) is 6.54 Å². The first kappa shape index (κ1) is 18.8. The number of urea groups is 1. The monoisotopic (exact) mass is 394 g/mol. The number of pyridine rings is 1. The Morgan fingerprint density at radius 3 is 2.97 bits per heavy atom. The van der Waals surface area contributed by atoms with Crippen LogP contribution >= 0.6 is 0 Å². The van der Waals surface area contributed by atoms with Gasteiger partial charge in [0.25, 0.3) is 0 Å². The summed E-state index contributed by atoms with van der Waals surface area (Å²) in [4.78, 5) is 33.2. The molecule has 10 nitrogen and oxygen atoms in total. The van der Waals surface area contributed by atoms with Gasteiger partial charge in [-0.1, -0.05) is 5.16 Å².